The molecule has 1 aromatic carbocycles. The molecule has 1 aliphatic heterocycles. The maximum absolute atomic E-state index is 12.9. The van der Waals surface area contributed by atoms with Crippen LogP contribution in [0.4, 0.5) is 4.39 Å². The molecule has 3 nitrogen and oxygen atoms in total. The van der Waals surface area contributed by atoms with E-state index in [1.54, 1.807) is 6.07 Å². The maximum Gasteiger partial charge on any atom is 0.125 e. The SMILES string of the molecule is OC1Cc2nc3cc(F)ccc3n2C1. The van der Waals surface area contributed by atoms with E-state index in [1.165, 1.54) is 12.1 Å². The summed E-state index contributed by atoms with van der Waals surface area (Å²) in [5.74, 6) is 0.577. The van der Waals surface area contributed by atoms with E-state index in [0.29, 0.717) is 18.5 Å². The highest BCUT2D eigenvalue weighted by Crippen LogP contribution is 2.23. The monoisotopic (exact) mass is 192 g/mol. The maximum atomic E-state index is 12.9. The van der Waals surface area contributed by atoms with E-state index in [0.717, 1.165) is 11.3 Å². The van der Waals surface area contributed by atoms with Crippen molar-refractivity contribution in [1.82, 2.24) is 9.55 Å². The van der Waals surface area contributed by atoms with Gasteiger partial charge < -0.3 is 9.67 Å². The van der Waals surface area contributed by atoms with Gasteiger partial charge >= 0.3 is 0 Å². The molecular formula is C10H9FN2O. The number of fused-ring (bicyclic) bond motifs is 3. The molecule has 1 unspecified atom stereocenters. The van der Waals surface area contributed by atoms with Crippen molar-refractivity contribution in [2.75, 3.05) is 0 Å². The summed E-state index contributed by atoms with van der Waals surface area (Å²) >= 11 is 0. The third-order valence-corrected chi connectivity index (χ3v) is 2.60. The molecule has 0 spiro atoms. The minimum Gasteiger partial charge on any atom is -0.391 e. The zero-order valence-corrected chi connectivity index (χ0v) is 7.44. The predicted octanol–water partition coefficient (Wildman–Crippen LogP) is 1.09. The number of rotatable bonds is 0. The van der Waals surface area contributed by atoms with Gasteiger partial charge in [0.1, 0.15) is 11.6 Å². The van der Waals surface area contributed by atoms with Crippen molar-refractivity contribution in [3.05, 3.63) is 29.8 Å². The van der Waals surface area contributed by atoms with Crippen LogP contribution >= 0.6 is 0 Å². The van der Waals surface area contributed by atoms with Crippen LogP contribution in [0.25, 0.3) is 11.0 Å². The number of imidazole rings is 1. The number of benzene rings is 1. The Hall–Kier alpha value is -1.42. The molecule has 72 valence electrons. The summed E-state index contributed by atoms with van der Waals surface area (Å²) < 4.78 is 14.8. The average Bonchev–Trinajstić information content (AvgIpc) is 2.59. The summed E-state index contributed by atoms with van der Waals surface area (Å²) in [4.78, 5) is 4.27. The molecule has 14 heavy (non-hydrogen) atoms. The first-order valence-electron chi connectivity index (χ1n) is 4.57. The Morgan fingerprint density at radius 1 is 1.50 bits per heavy atom. The molecule has 1 N–H and O–H groups in total. The molecule has 1 aliphatic rings. The Labute approximate surface area is 79.8 Å². The van der Waals surface area contributed by atoms with Gasteiger partial charge in [-0.05, 0) is 12.1 Å². The van der Waals surface area contributed by atoms with Crippen LogP contribution in [0.1, 0.15) is 5.82 Å². The molecule has 0 fully saturated rings. The van der Waals surface area contributed by atoms with Crippen LogP contribution in [0.2, 0.25) is 0 Å². The largest absolute Gasteiger partial charge is 0.391 e. The zero-order chi connectivity index (χ0) is 9.71. The molecule has 0 aliphatic carbocycles. The highest BCUT2D eigenvalue weighted by molar-refractivity contribution is 5.76. The van der Waals surface area contributed by atoms with Crippen molar-refractivity contribution in [2.24, 2.45) is 0 Å². The van der Waals surface area contributed by atoms with Crippen LogP contribution in [0, 0.1) is 5.82 Å². The molecule has 0 saturated carbocycles. The summed E-state index contributed by atoms with van der Waals surface area (Å²) in [5, 5.41) is 9.42. The quantitative estimate of drug-likeness (QED) is 0.678. The van der Waals surface area contributed by atoms with Crippen LogP contribution in [0.15, 0.2) is 18.2 Å². The number of halogens is 1. The molecule has 0 radical (unpaired) electrons. The second-order valence-corrected chi connectivity index (χ2v) is 3.63. The zero-order valence-electron chi connectivity index (χ0n) is 7.44. The predicted molar refractivity (Wildman–Crippen MR) is 49.4 cm³/mol. The van der Waals surface area contributed by atoms with E-state index in [1.807, 2.05) is 4.57 Å². The third-order valence-electron chi connectivity index (χ3n) is 2.60. The standard InChI is InChI=1S/C10H9FN2O/c11-6-1-2-9-8(3-6)12-10-4-7(14)5-13(9)10/h1-3,7,14H,4-5H2. The summed E-state index contributed by atoms with van der Waals surface area (Å²) in [6.07, 6.45) is 0.225. The molecule has 4 heteroatoms. The van der Waals surface area contributed by atoms with Gasteiger partial charge in [0.25, 0.3) is 0 Å². The highest BCUT2D eigenvalue weighted by atomic mass is 19.1. The first-order chi connectivity index (χ1) is 6.74. The van der Waals surface area contributed by atoms with Crippen molar-refractivity contribution in [3.63, 3.8) is 0 Å². The van der Waals surface area contributed by atoms with E-state index in [9.17, 15) is 9.50 Å². The first-order valence-corrected chi connectivity index (χ1v) is 4.57. The summed E-state index contributed by atoms with van der Waals surface area (Å²) in [5.41, 5.74) is 1.57. The fraction of sp³-hybridized carbons (Fsp3) is 0.300. The molecule has 2 heterocycles. The number of aliphatic hydroxyl groups is 1. The lowest BCUT2D eigenvalue weighted by atomic mass is 10.3. The number of aromatic nitrogens is 2. The van der Waals surface area contributed by atoms with E-state index >= 15 is 0 Å². The number of hydrogen-bond donors (Lipinski definition) is 1. The van der Waals surface area contributed by atoms with E-state index in [-0.39, 0.29) is 11.9 Å². The lowest BCUT2D eigenvalue weighted by Gasteiger charge is -2.00. The van der Waals surface area contributed by atoms with Gasteiger partial charge in [0.15, 0.2) is 0 Å². The van der Waals surface area contributed by atoms with Crippen LogP contribution in [-0.4, -0.2) is 20.8 Å². The van der Waals surface area contributed by atoms with Gasteiger partial charge in [0, 0.05) is 12.5 Å². The van der Waals surface area contributed by atoms with Crippen LogP contribution in [-0.2, 0) is 13.0 Å². The Bertz CT molecular complexity index is 506. The molecule has 0 amide bonds. The van der Waals surface area contributed by atoms with Gasteiger partial charge in [-0.2, -0.15) is 0 Å². The van der Waals surface area contributed by atoms with Crippen molar-refractivity contribution in [2.45, 2.75) is 19.1 Å². The lowest BCUT2D eigenvalue weighted by Crippen LogP contribution is -2.07. The highest BCUT2D eigenvalue weighted by Gasteiger charge is 2.22. The van der Waals surface area contributed by atoms with Crippen LogP contribution < -0.4 is 0 Å². The minimum absolute atomic E-state index is 0.269. The van der Waals surface area contributed by atoms with Gasteiger partial charge in [-0.1, -0.05) is 0 Å². The van der Waals surface area contributed by atoms with E-state index in [4.69, 9.17) is 0 Å². The topological polar surface area (TPSA) is 38.1 Å². The molecule has 1 aromatic heterocycles. The molecule has 1 atom stereocenters. The Morgan fingerprint density at radius 2 is 2.36 bits per heavy atom. The Balaban J connectivity index is 2.28. The van der Waals surface area contributed by atoms with Crippen molar-refractivity contribution in [3.8, 4) is 0 Å². The molecule has 0 bridgehead atoms. The average molecular weight is 192 g/mol. The first kappa shape index (κ1) is 7.94. The summed E-state index contributed by atoms with van der Waals surface area (Å²) in [6, 6.07) is 4.55. The van der Waals surface area contributed by atoms with Gasteiger partial charge in [0.2, 0.25) is 0 Å². The van der Waals surface area contributed by atoms with E-state index < -0.39 is 0 Å². The number of aliphatic hydroxyl groups excluding tert-OH is 1. The van der Waals surface area contributed by atoms with Gasteiger partial charge in [-0.15, -0.1) is 0 Å². The second kappa shape index (κ2) is 2.54. The van der Waals surface area contributed by atoms with Crippen LogP contribution in [0.5, 0.6) is 0 Å². The fourth-order valence-corrected chi connectivity index (χ4v) is 2.00. The van der Waals surface area contributed by atoms with Crippen LogP contribution in [0.3, 0.4) is 0 Å². The third kappa shape index (κ3) is 0.974. The molecular weight excluding hydrogens is 183 g/mol. The normalized spacial score (nSPS) is 20.3. The van der Waals surface area contributed by atoms with Crippen molar-refractivity contribution < 1.29 is 9.50 Å². The van der Waals surface area contributed by atoms with Crippen molar-refractivity contribution in [1.29, 1.82) is 0 Å². The molecule has 0 saturated heterocycles. The Kier molecular flexibility index (Phi) is 1.44. The number of hydrogen-bond acceptors (Lipinski definition) is 2. The van der Waals surface area contributed by atoms with Gasteiger partial charge in [-0.25, -0.2) is 9.37 Å². The van der Waals surface area contributed by atoms with E-state index in [2.05, 4.69) is 4.98 Å². The second-order valence-electron chi connectivity index (χ2n) is 3.63. The smallest absolute Gasteiger partial charge is 0.125 e. The van der Waals surface area contributed by atoms with Gasteiger partial charge in [0.05, 0.1) is 23.7 Å². The lowest BCUT2D eigenvalue weighted by molar-refractivity contribution is 0.176. The fourth-order valence-electron chi connectivity index (χ4n) is 2.00. The van der Waals surface area contributed by atoms with Crippen molar-refractivity contribution >= 4 is 11.0 Å². The molecule has 2 aromatic rings. The van der Waals surface area contributed by atoms with Gasteiger partial charge in [-0.3, -0.25) is 0 Å². The molecule has 3 rings (SSSR count). The Morgan fingerprint density at radius 3 is 3.21 bits per heavy atom. The summed E-state index contributed by atoms with van der Waals surface area (Å²) in [7, 11) is 0. The minimum atomic E-state index is -0.341. The summed E-state index contributed by atoms with van der Waals surface area (Å²) in [6.45, 7) is 0.567. The number of nitrogens with zero attached hydrogens (tertiary/aromatic N) is 2.